The van der Waals surface area contributed by atoms with Gasteiger partial charge in [-0.25, -0.2) is 13.1 Å². The van der Waals surface area contributed by atoms with Crippen molar-refractivity contribution in [2.24, 2.45) is 11.8 Å². The number of Topliss-reactive ketones (excluding diaryl/α,β-unsaturated/α-hetero) is 1. The van der Waals surface area contributed by atoms with Gasteiger partial charge in [0, 0.05) is 49.9 Å². The molecule has 2 aliphatic rings. The molecule has 2 heterocycles. The second kappa shape index (κ2) is 10.4. The number of nitrogens with zero attached hydrogens (tertiary/aromatic N) is 2. The van der Waals surface area contributed by atoms with E-state index in [1.807, 2.05) is 29.2 Å². The number of ketones is 1. The maximum Gasteiger partial charge on any atom is 0.250 e. The van der Waals surface area contributed by atoms with Crippen molar-refractivity contribution in [3.05, 3.63) is 47.3 Å². The summed E-state index contributed by atoms with van der Waals surface area (Å²) in [6, 6.07) is 11.0. The summed E-state index contributed by atoms with van der Waals surface area (Å²) in [5.74, 6) is 0.612. The van der Waals surface area contributed by atoms with E-state index in [0.29, 0.717) is 29.4 Å². The highest BCUT2D eigenvalue weighted by Gasteiger charge is 2.31. The number of piperazine rings is 1. The molecule has 1 saturated carbocycles. The van der Waals surface area contributed by atoms with E-state index < -0.39 is 10.0 Å². The molecule has 4 rings (SSSR count). The van der Waals surface area contributed by atoms with Gasteiger partial charge >= 0.3 is 0 Å². The van der Waals surface area contributed by atoms with E-state index in [0.717, 1.165) is 44.5 Å². The molecule has 178 valence electrons. The Morgan fingerprint density at radius 2 is 1.67 bits per heavy atom. The van der Waals surface area contributed by atoms with E-state index in [4.69, 9.17) is 0 Å². The minimum atomic E-state index is -3.43. The molecule has 0 radical (unpaired) electrons. The van der Waals surface area contributed by atoms with Gasteiger partial charge in [-0.1, -0.05) is 6.07 Å². The number of benzene rings is 1. The van der Waals surface area contributed by atoms with Crippen LogP contribution in [0.4, 0.5) is 5.69 Å². The van der Waals surface area contributed by atoms with Crippen LogP contribution in [0.15, 0.2) is 46.0 Å². The zero-order valence-electron chi connectivity index (χ0n) is 18.9. The highest BCUT2D eigenvalue weighted by Crippen LogP contribution is 2.31. The van der Waals surface area contributed by atoms with Crippen LogP contribution in [-0.4, -0.2) is 57.7 Å². The average Bonchev–Trinajstić information content (AvgIpc) is 3.39. The predicted molar refractivity (Wildman–Crippen MR) is 130 cm³/mol. The van der Waals surface area contributed by atoms with Gasteiger partial charge in [0.1, 0.15) is 4.21 Å². The average molecular weight is 490 g/mol. The summed E-state index contributed by atoms with van der Waals surface area (Å²) >= 11 is 1.22. The van der Waals surface area contributed by atoms with Gasteiger partial charge in [0.15, 0.2) is 5.78 Å². The summed E-state index contributed by atoms with van der Waals surface area (Å²) in [4.78, 5) is 28.7. The van der Waals surface area contributed by atoms with Crippen molar-refractivity contribution in [2.45, 2.75) is 36.8 Å². The van der Waals surface area contributed by atoms with Crippen molar-refractivity contribution in [3.63, 3.8) is 0 Å². The molecule has 9 heteroatoms. The molecule has 0 atom stereocenters. The topological polar surface area (TPSA) is 86.8 Å². The third-order valence-corrected chi connectivity index (χ3v) is 9.57. The predicted octanol–water partition coefficient (Wildman–Crippen LogP) is 3.38. The van der Waals surface area contributed by atoms with Gasteiger partial charge in [-0.05, 0) is 74.2 Å². The SMILES string of the molecule is CC(=O)c1ccc(N2CCN(C(=O)C3CCC(CNS(=O)(=O)c4cccs4)CC3)CC2)cc1. The van der Waals surface area contributed by atoms with Gasteiger partial charge in [-0.2, -0.15) is 0 Å². The minimum absolute atomic E-state index is 0.0385. The first-order chi connectivity index (χ1) is 15.8. The minimum Gasteiger partial charge on any atom is -0.368 e. The molecule has 1 aliphatic heterocycles. The highest BCUT2D eigenvalue weighted by atomic mass is 32.2. The van der Waals surface area contributed by atoms with Crippen LogP contribution >= 0.6 is 11.3 Å². The van der Waals surface area contributed by atoms with Crippen molar-refractivity contribution >= 4 is 38.7 Å². The van der Waals surface area contributed by atoms with E-state index >= 15 is 0 Å². The molecule has 1 aliphatic carbocycles. The number of carbonyl (C=O) groups excluding carboxylic acids is 2. The number of anilines is 1. The van der Waals surface area contributed by atoms with Crippen molar-refractivity contribution in [2.75, 3.05) is 37.6 Å². The number of rotatable bonds is 7. The van der Waals surface area contributed by atoms with Gasteiger partial charge < -0.3 is 9.80 Å². The van der Waals surface area contributed by atoms with Crippen LogP contribution in [0, 0.1) is 11.8 Å². The molecule has 1 aromatic carbocycles. The lowest BCUT2D eigenvalue weighted by molar-refractivity contribution is -0.137. The Balaban J connectivity index is 1.21. The van der Waals surface area contributed by atoms with E-state index in [9.17, 15) is 18.0 Å². The fraction of sp³-hybridized carbons (Fsp3) is 0.500. The quantitative estimate of drug-likeness (QED) is 0.603. The molecular formula is C24H31N3O4S2. The zero-order valence-corrected chi connectivity index (χ0v) is 20.5. The second-order valence-corrected chi connectivity index (χ2v) is 11.9. The van der Waals surface area contributed by atoms with Gasteiger partial charge in [-0.15, -0.1) is 11.3 Å². The molecule has 1 aromatic heterocycles. The zero-order chi connectivity index (χ0) is 23.4. The van der Waals surface area contributed by atoms with Gasteiger partial charge in [0.25, 0.3) is 0 Å². The van der Waals surface area contributed by atoms with Crippen LogP contribution in [-0.2, 0) is 14.8 Å². The molecule has 1 amide bonds. The first-order valence-electron chi connectivity index (χ1n) is 11.5. The standard InChI is InChI=1S/C24H31N3O4S2/c1-18(28)20-8-10-22(11-9-20)26-12-14-27(15-13-26)24(29)21-6-4-19(5-7-21)17-25-33(30,31)23-3-2-16-32-23/h2-3,8-11,16,19,21,25H,4-7,12-15,17H2,1H3. The number of thiophene rings is 1. The van der Waals surface area contributed by atoms with Gasteiger partial charge in [-0.3, -0.25) is 9.59 Å². The van der Waals surface area contributed by atoms with Crippen molar-refractivity contribution in [1.29, 1.82) is 0 Å². The third-order valence-electron chi connectivity index (χ3n) is 6.75. The lowest BCUT2D eigenvalue weighted by Crippen LogP contribution is -2.50. The van der Waals surface area contributed by atoms with Gasteiger partial charge in [0.2, 0.25) is 15.9 Å². The first kappa shape index (κ1) is 23.9. The smallest absolute Gasteiger partial charge is 0.250 e. The summed E-state index contributed by atoms with van der Waals surface area (Å²) in [6.45, 7) is 4.97. The van der Waals surface area contributed by atoms with E-state index in [2.05, 4.69) is 9.62 Å². The molecule has 0 bridgehead atoms. The molecule has 0 spiro atoms. The number of sulfonamides is 1. The van der Waals surface area contributed by atoms with Crippen LogP contribution in [0.3, 0.4) is 0 Å². The largest absolute Gasteiger partial charge is 0.368 e. The lowest BCUT2D eigenvalue weighted by atomic mass is 9.81. The Morgan fingerprint density at radius 3 is 2.24 bits per heavy atom. The van der Waals surface area contributed by atoms with E-state index in [1.165, 1.54) is 11.3 Å². The second-order valence-electron chi connectivity index (χ2n) is 8.92. The van der Waals surface area contributed by atoms with Crippen LogP contribution < -0.4 is 9.62 Å². The molecule has 7 nitrogen and oxygen atoms in total. The molecule has 0 unspecified atom stereocenters. The number of hydrogen-bond acceptors (Lipinski definition) is 6. The Labute approximate surface area is 199 Å². The Bertz CT molecular complexity index is 1050. The maximum atomic E-state index is 13.1. The molecular weight excluding hydrogens is 458 g/mol. The van der Waals surface area contributed by atoms with Crippen molar-refractivity contribution in [1.82, 2.24) is 9.62 Å². The van der Waals surface area contributed by atoms with E-state index in [-0.39, 0.29) is 23.5 Å². The number of amides is 1. The Kier molecular flexibility index (Phi) is 7.51. The fourth-order valence-corrected chi connectivity index (χ4v) is 6.83. The van der Waals surface area contributed by atoms with Crippen LogP contribution in [0.25, 0.3) is 0 Å². The molecule has 33 heavy (non-hydrogen) atoms. The van der Waals surface area contributed by atoms with Crippen LogP contribution in [0.5, 0.6) is 0 Å². The molecule has 2 aromatic rings. The summed E-state index contributed by atoms with van der Waals surface area (Å²) in [5, 5.41) is 1.76. The van der Waals surface area contributed by atoms with Gasteiger partial charge in [0.05, 0.1) is 0 Å². The molecule has 2 fully saturated rings. The van der Waals surface area contributed by atoms with E-state index in [1.54, 1.807) is 24.4 Å². The van der Waals surface area contributed by atoms with Crippen LogP contribution in [0.1, 0.15) is 43.0 Å². The monoisotopic (exact) mass is 489 g/mol. The Morgan fingerprint density at radius 1 is 1.00 bits per heavy atom. The normalized spacial score (nSPS) is 21.7. The number of hydrogen-bond donors (Lipinski definition) is 1. The highest BCUT2D eigenvalue weighted by molar-refractivity contribution is 7.91. The summed E-state index contributed by atoms with van der Waals surface area (Å²) in [5.41, 5.74) is 1.79. The third kappa shape index (κ3) is 5.83. The Hall–Kier alpha value is -2.23. The molecule has 1 saturated heterocycles. The number of carbonyl (C=O) groups is 2. The molecule has 1 N–H and O–H groups in total. The number of nitrogens with one attached hydrogen (secondary N) is 1. The summed E-state index contributed by atoms with van der Waals surface area (Å²) < 4.78 is 27.7. The lowest BCUT2D eigenvalue weighted by Gasteiger charge is -2.39. The fourth-order valence-electron chi connectivity index (χ4n) is 4.68. The summed E-state index contributed by atoms with van der Waals surface area (Å²) in [6.07, 6.45) is 3.37. The van der Waals surface area contributed by atoms with Crippen LogP contribution in [0.2, 0.25) is 0 Å². The van der Waals surface area contributed by atoms with Crippen molar-refractivity contribution < 1.29 is 18.0 Å². The van der Waals surface area contributed by atoms with Crippen molar-refractivity contribution in [3.8, 4) is 0 Å². The maximum absolute atomic E-state index is 13.1. The first-order valence-corrected chi connectivity index (χ1v) is 13.9. The summed E-state index contributed by atoms with van der Waals surface area (Å²) in [7, 11) is -3.43.